The summed E-state index contributed by atoms with van der Waals surface area (Å²) >= 11 is 5.52. The Morgan fingerprint density at radius 3 is 2.61 bits per heavy atom. The van der Waals surface area contributed by atoms with Crippen LogP contribution in [0.4, 0.5) is 0 Å². The normalized spacial score (nSPS) is 26.2. The molecule has 1 aromatic rings. The molecular formula is C14H18N2OS. The second-order valence-electron chi connectivity index (χ2n) is 5.25. The van der Waals surface area contributed by atoms with E-state index < -0.39 is 0 Å². The van der Waals surface area contributed by atoms with E-state index in [4.69, 9.17) is 12.2 Å². The van der Waals surface area contributed by atoms with E-state index in [0.29, 0.717) is 5.75 Å². The number of hydrogen-bond donors (Lipinski definition) is 3. The van der Waals surface area contributed by atoms with Crippen molar-refractivity contribution in [2.75, 3.05) is 0 Å². The first-order valence-corrected chi connectivity index (χ1v) is 6.99. The SMILES string of the molecule is Oc1ccccc1C1NC(=S)C2(CCCCC2)N1. The van der Waals surface area contributed by atoms with Crippen LogP contribution in [-0.4, -0.2) is 15.6 Å². The minimum absolute atomic E-state index is 0.0411. The molecular weight excluding hydrogens is 244 g/mol. The van der Waals surface area contributed by atoms with Crippen molar-refractivity contribution in [1.82, 2.24) is 10.6 Å². The zero-order valence-corrected chi connectivity index (χ0v) is 11.1. The van der Waals surface area contributed by atoms with Crippen LogP contribution in [0, 0.1) is 0 Å². The van der Waals surface area contributed by atoms with Crippen molar-refractivity contribution in [2.45, 2.75) is 43.8 Å². The van der Waals surface area contributed by atoms with E-state index in [9.17, 15) is 5.11 Å². The van der Waals surface area contributed by atoms with Crippen molar-refractivity contribution < 1.29 is 5.11 Å². The van der Waals surface area contributed by atoms with Gasteiger partial charge in [0.1, 0.15) is 11.9 Å². The summed E-state index contributed by atoms with van der Waals surface area (Å²) in [5.41, 5.74) is 0.836. The number of aromatic hydroxyl groups is 1. The number of nitrogens with one attached hydrogen (secondary N) is 2. The van der Waals surface area contributed by atoms with E-state index in [1.54, 1.807) is 6.07 Å². The lowest BCUT2D eigenvalue weighted by molar-refractivity contribution is 0.310. The number of phenolic OH excluding ortho intramolecular Hbond substituents is 1. The lowest BCUT2D eigenvalue weighted by Crippen LogP contribution is -2.47. The molecule has 0 amide bonds. The van der Waals surface area contributed by atoms with Crippen molar-refractivity contribution in [1.29, 1.82) is 0 Å². The monoisotopic (exact) mass is 262 g/mol. The molecule has 3 nitrogen and oxygen atoms in total. The number of phenols is 1. The minimum Gasteiger partial charge on any atom is -0.508 e. The van der Waals surface area contributed by atoms with Gasteiger partial charge in [-0.25, -0.2) is 0 Å². The number of thiocarbonyl (C=S) groups is 1. The molecule has 1 aliphatic carbocycles. The van der Waals surface area contributed by atoms with Crippen LogP contribution in [0.3, 0.4) is 0 Å². The van der Waals surface area contributed by atoms with Gasteiger partial charge in [0, 0.05) is 5.56 Å². The quantitative estimate of drug-likeness (QED) is 0.681. The maximum Gasteiger partial charge on any atom is 0.122 e. The Kier molecular flexibility index (Phi) is 2.99. The molecule has 96 valence electrons. The van der Waals surface area contributed by atoms with Gasteiger partial charge in [-0.1, -0.05) is 49.7 Å². The van der Waals surface area contributed by atoms with E-state index in [1.165, 1.54) is 19.3 Å². The highest BCUT2D eigenvalue weighted by Gasteiger charge is 2.44. The maximum atomic E-state index is 9.92. The lowest BCUT2D eigenvalue weighted by atomic mass is 9.82. The van der Waals surface area contributed by atoms with Crippen molar-refractivity contribution in [3.8, 4) is 5.75 Å². The highest BCUT2D eigenvalue weighted by atomic mass is 32.1. The zero-order valence-electron chi connectivity index (χ0n) is 10.3. The molecule has 18 heavy (non-hydrogen) atoms. The first kappa shape index (κ1) is 11.9. The molecule has 3 rings (SSSR count). The Labute approximate surface area is 113 Å². The molecule has 3 N–H and O–H groups in total. The summed E-state index contributed by atoms with van der Waals surface area (Å²) in [6.07, 6.45) is 5.89. The zero-order chi connectivity index (χ0) is 12.6. The van der Waals surface area contributed by atoms with Crippen molar-refractivity contribution in [3.05, 3.63) is 29.8 Å². The van der Waals surface area contributed by atoms with Gasteiger partial charge in [0.2, 0.25) is 0 Å². The summed E-state index contributed by atoms with van der Waals surface area (Å²) in [5.74, 6) is 0.318. The predicted octanol–water partition coefficient (Wildman–Crippen LogP) is 2.61. The summed E-state index contributed by atoms with van der Waals surface area (Å²) < 4.78 is 0. The van der Waals surface area contributed by atoms with Gasteiger partial charge in [0.05, 0.1) is 10.5 Å². The first-order chi connectivity index (χ1) is 8.71. The third kappa shape index (κ3) is 1.89. The third-order valence-corrected chi connectivity index (χ3v) is 4.59. The van der Waals surface area contributed by atoms with Crippen LogP contribution < -0.4 is 10.6 Å². The van der Waals surface area contributed by atoms with Crippen LogP contribution in [0.2, 0.25) is 0 Å². The topological polar surface area (TPSA) is 44.3 Å². The fraction of sp³-hybridized carbons (Fsp3) is 0.500. The standard InChI is InChI=1S/C14H18N2OS/c17-11-7-3-2-6-10(11)12-15-13(18)14(16-12)8-4-1-5-9-14/h2-3,6-7,12,16-17H,1,4-5,8-9H2,(H,15,18). The number of para-hydroxylation sites is 1. The Bertz CT molecular complexity index is 469. The van der Waals surface area contributed by atoms with Crippen LogP contribution >= 0.6 is 12.2 Å². The summed E-state index contributed by atoms with van der Waals surface area (Å²) in [7, 11) is 0. The molecule has 2 aliphatic rings. The van der Waals surface area contributed by atoms with Gasteiger partial charge in [0.25, 0.3) is 0 Å². The molecule has 0 aromatic heterocycles. The average Bonchev–Trinajstić information content (AvgIpc) is 2.68. The van der Waals surface area contributed by atoms with Gasteiger partial charge in [-0.3, -0.25) is 5.32 Å². The number of rotatable bonds is 1. The van der Waals surface area contributed by atoms with Gasteiger partial charge in [-0.15, -0.1) is 0 Å². The fourth-order valence-electron chi connectivity index (χ4n) is 3.06. The Hall–Kier alpha value is -1.13. The fourth-order valence-corrected chi connectivity index (χ4v) is 3.44. The number of hydrogen-bond acceptors (Lipinski definition) is 3. The van der Waals surface area contributed by atoms with E-state index in [1.807, 2.05) is 18.2 Å². The molecule has 1 aromatic carbocycles. The molecule has 1 unspecified atom stereocenters. The van der Waals surface area contributed by atoms with Crippen LogP contribution in [-0.2, 0) is 0 Å². The first-order valence-electron chi connectivity index (χ1n) is 6.58. The highest BCUT2D eigenvalue weighted by Crippen LogP contribution is 2.36. The molecule has 1 heterocycles. The summed E-state index contributed by atoms with van der Waals surface area (Å²) in [4.78, 5) is 0.912. The van der Waals surface area contributed by atoms with Gasteiger partial charge in [0.15, 0.2) is 0 Å². The van der Waals surface area contributed by atoms with Gasteiger partial charge in [-0.2, -0.15) is 0 Å². The third-order valence-electron chi connectivity index (χ3n) is 4.09. The van der Waals surface area contributed by atoms with Crippen LogP contribution in [0.25, 0.3) is 0 Å². The van der Waals surface area contributed by atoms with E-state index in [2.05, 4.69) is 10.6 Å². The van der Waals surface area contributed by atoms with Gasteiger partial charge in [-0.05, 0) is 18.9 Å². The summed E-state index contributed by atoms with van der Waals surface area (Å²) in [6, 6.07) is 7.42. The summed E-state index contributed by atoms with van der Waals surface area (Å²) in [5, 5.41) is 16.9. The molecule has 1 saturated carbocycles. The van der Waals surface area contributed by atoms with E-state index in [0.717, 1.165) is 23.4 Å². The highest BCUT2D eigenvalue weighted by molar-refractivity contribution is 7.80. The van der Waals surface area contributed by atoms with Crippen molar-refractivity contribution >= 4 is 17.2 Å². The van der Waals surface area contributed by atoms with Gasteiger partial charge < -0.3 is 10.4 Å². The van der Waals surface area contributed by atoms with Crippen molar-refractivity contribution in [2.24, 2.45) is 0 Å². The second kappa shape index (κ2) is 4.52. The smallest absolute Gasteiger partial charge is 0.122 e. The van der Waals surface area contributed by atoms with Crippen LogP contribution in [0.1, 0.15) is 43.8 Å². The Balaban J connectivity index is 1.86. The Morgan fingerprint density at radius 2 is 1.89 bits per heavy atom. The van der Waals surface area contributed by atoms with Gasteiger partial charge >= 0.3 is 0 Å². The molecule has 1 aliphatic heterocycles. The molecule has 0 bridgehead atoms. The predicted molar refractivity (Wildman–Crippen MR) is 75.5 cm³/mol. The molecule has 1 spiro atoms. The molecule has 4 heteroatoms. The molecule has 1 saturated heterocycles. The van der Waals surface area contributed by atoms with E-state index >= 15 is 0 Å². The van der Waals surface area contributed by atoms with Crippen LogP contribution in [0.5, 0.6) is 5.75 Å². The van der Waals surface area contributed by atoms with E-state index in [-0.39, 0.29) is 11.7 Å². The number of benzene rings is 1. The molecule has 0 radical (unpaired) electrons. The largest absolute Gasteiger partial charge is 0.508 e. The second-order valence-corrected chi connectivity index (χ2v) is 5.66. The average molecular weight is 262 g/mol. The van der Waals surface area contributed by atoms with Crippen LogP contribution in [0.15, 0.2) is 24.3 Å². The maximum absolute atomic E-state index is 9.92. The Morgan fingerprint density at radius 1 is 1.17 bits per heavy atom. The van der Waals surface area contributed by atoms with Crippen molar-refractivity contribution in [3.63, 3.8) is 0 Å². The lowest BCUT2D eigenvalue weighted by Gasteiger charge is -2.33. The summed E-state index contributed by atoms with van der Waals surface area (Å²) in [6.45, 7) is 0. The minimum atomic E-state index is -0.0585. The molecule has 2 fully saturated rings. The molecule has 1 atom stereocenters.